The van der Waals surface area contributed by atoms with Crippen LogP contribution in [0.25, 0.3) is 10.2 Å². The van der Waals surface area contributed by atoms with Gasteiger partial charge in [-0.2, -0.15) is 0 Å². The smallest absolute Gasteiger partial charge is 0.321 e. The second-order valence-corrected chi connectivity index (χ2v) is 9.59. The molecule has 7 nitrogen and oxygen atoms in total. The molecule has 0 saturated heterocycles. The van der Waals surface area contributed by atoms with Crippen molar-refractivity contribution >= 4 is 45.3 Å². The van der Waals surface area contributed by atoms with Crippen LogP contribution >= 0.6 is 23.1 Å². The Labute approximate surface area is 171 Å². The van der Waals surface area contributed by atoms with Gasteiger partial charge in [-0.25, -0.2) is 9.78 Å². The molecule has 9 heteroatoms. The second-order valence-electron chi connectivity index (χ2n) is 7.56. The summed E-state index contributed by atoms with van der Waals surface area (Å²) in [6, 6.07) is -0.258. The number of fused-ring (bicyclic) bond motifs is 3. The van der Waals surface area contributed by atoms with Crippen molar-refractivity contribution in [1.82, 2.24) is 20.2 Å². The summed E-state index contributed by atoms with van der Waals surface area (Å²) in [6.07, 6.45) is 4.97. The maximum Gasteiger partial charge on any atom is 0.321 e. The summed E-state index contributed by atoms with van der Waals surface area (Å²) >= 11 is 2.81. The lowest BCUT2D eigenvalue weighted by molar-refractivity contribution is -0.117. The quantitative estimate of drug-likeness (QED) is 0.573. The van der Waals surface area contributed by atoms with Crippen molar-refractivity contribution in [2.75, 3.05) is 5.75 Å². The molecule has 1 fully saturated rings. The van der Waals surface area contributed by atoms with E-state index in [1.54, 1.807) is 15.9 Å². The van der Waals surface area contributed by atoms with E-state index < -0.39 is 6.03 Å². The van der Waals surface area contributed by atoms with Gasteiger partial charge in [-0.1, -0.05) is 18.7 Å². The number of thioether (sulfide) groups is 1. The number of nitrogens with one attached hydrogen (secondary N) is 2. The molecule has 2 heterocycles. The van der Waals surface area contributed by atoms with E-state index in [0.717, 1.165) is 42.3 Å². The molecule has 0 spiro atoms. The Bertz CT molecular complexity index is 993. The van der Waals surface area contributed by atoms with Crippen molar-refractivity contribution < 1.29 is 9.59 Å². The average Bonchev–Trinajstić information content (AvgIpc) is 3.37. The zero-order chi connectivity index (χ0) is 19.8. The van der Waals surface area contributed by atoms with E-state index in [2.05, 4.69) is 17.6 Å². The van der Waals surface area contributed by atoms with Crippen molar-refractivity contribution in [2.24, 2.45) is 5.92 Å². The fraction of sp³-hybridized carbons (Fsp3) is 0.579. The molecule has 1 unspecified atom stereocenters. The highest BCUT2D eigenvalue weighted by molar-refractivity contribution is 7.99. The van der Waals surface area contributed by atoms with Crippen molar-refractivity contribution in [3.63, 3.8) is 0 Å². The third-order valence-electron chi connectivity index (χ3n) is 5.19. The summed E-state index contributed by atoms with van der Waals surface area (Å²) in [5.74, 6) is 0.283. The monoisotopic (exact) mass is 420 g/mol. The van der Waals surface area contributed by atoms with Crippen LogP contribution in [-0.2, 0) is 24.2 Å². The Balaban J connectivity index is 1.54. The highest BCUT2D eigenvalue weighted by atomic mass is 32.2. The number of hydrogen-bond acceptors (Lipinski definition) is 6. The molecule has 2 aliphatic rings. The van der Waals surface area contributed by atoms with E-state index >= 15 is 0 Å². The predicted molar refractivity (Wildman–Crippen MR) is 111 cm³/mol. The van der Waals surface area contributed by atoms with E-state index in [9.17, 15) is 14.4 Å². The van der Waals surface area contributed by atoms with Gasteiger partial charge in [0.1, 0.15) is 4.83 Å². The van der Waals surface area contributed by atoms with Crippen LogP contribution in [0.4, 0.5) is 4.79 Å². The van der Waals surface area contributed by atoms with E-state index in [1.807, 2.05) is 6.92 Å². The second kappa shape index (κ2) is 7.87. The molecule has 1 atom stereocenters. The summed E-state index contributed by atoms with van der Waals surface area (Å²) < 4.78 is 1.63. The van der Waals surface area contributed by atoms with E-state index in [0.29, 0.717) is 17.6 Å². The highest BCUT2D eigenvalue weighted by Crippen LogP contribution is 2.36. The molecule has 1 saturated carbocycles. The maximum absolute atomic E-state index is 13.1. The van der Waals surface area contributed by atoms with E-state index in [4.69, 9.17) is 4.98 Å². The first-order valence-corrected chi connectivity index (χ1v) is 11.5. The topological polar surface area (TPSA) is 93.1 Å². The number of amides is 3. The van der Waals surface area contributed by atoms with Crippen LogP contribution in [0.15, 0.2) is 9.95 Å². The van der Waals surface area contributed by atoms with Gasteiger partial charge in [-0.3, -0.25) is 19.5 Å². The highest BCUT2D eigenvalue weighted by Gasteiger charge is 2.26. The van der Waals surface area contributed by atoms with Crippen LogP contribution in [0.1, 0.15) is 43.6 Å². The fourth-order valence-corrected chi connectivity index (χ4v) is 5.82. The average molecular weight is 421 g/mol. The Morgan fingerprint density at radius 2 is 2.11 bits per heavy atom. The van der Waals surface area contributed by atoms with Gasteiger partial charge in [-0.15, -0.1) is 11.3 Å². The molecule has 0 aliphatic heterocycles. The van der Waals surface area contributed by atoms with Crippen molar-refractivity contribution in [3.8, 4) is 0 Å². The number of aromatic nitrogens is 2. The minimum absolute atomic E-state index is 0.0195. The maximum atomic E-state index is 13.1. The largest absolute Gasteiger partial charge is 0.335 e. The fourth-order valence-electron chi connectivity index (χ4n) is 3.54. The number of carbonyl (C=O) groups is 2. The SMILES string of the molecule is CCn1c(SCC(=O)NC(=O)NC2CC2)nc2sc3c(c2c1=O)CCC(C)C3. The lowest BCUT2D eigenvalue weighted by Gasteiger charge is -2.17. The van der Waals surface area contributed by atoms with Crippen LogP contribution < -0.4 is 16.2 Å². The Morgan fingerprint density at radius 3 is 2.82 bits per heavy atom. The normalized spacial score (nSPS) is 18.7. The van der Waals surface area contributed by atoms with Gasteiger partial charge in [0.25, 0.3) is 5.56 Å². The molecule has 2 N–H and O–H groups in total. The van der Waals surface area contributed by atoms with Crippen molar-refractivity contribution in [2.45, 2.75) is 63.7 Å². The van der Waals surface area contributed by atoms with Gasteiger partial charge in [0.2, 0.25) is 5.91 Å². The minimum atomic E-state index is -0.454. The van der Waals surface area contributed by atoms with Gasteiger partial charge >= 0.3 is 6.03 Å². The molecular weight excluding hydrogens is 396 g/mol. The first-order chi connectivity index (χ1) is 13.5. The first kappa shape index (κ1) is 19.4. The number of nitrogens with zero attached hydrogens (tertiary/aromatic N) is 2. The van der Waals surface area contributed by atoms with Crippen LogP contribution in [0.2, 0.25) is 0 Å². The number of hydrogen-bond donors (Lipinski definition) is 2. The lowest BCUT2D eigenvalue weighted by atomic mass is 9.89. The molecule has 0 aromatic carbocycles. The van der Waals surface area contributed by atoms with Crippen LogP contribution in [0, 0.1) is 5.92 Å². The molecule has 0 bridgehead atoms. The summed E-state index contributed by atoms with van der Waals surface area (Å²) in [7, 11) is 0. The Kier molecular flexibility index (Phi) is 5.46. The van der Waals surface area contributed by atoms with Gasteiger partial charge in [0.05, 0.1) is 11.1 Å². The minimum Gasteiger partial charge on any atom is -0.335 e. The molecule has 28 heavy (non-hydrogen) atoms. The Morgan fingerprint density at radius 1 is 1.32 bits per heavy atom. The molecule has 2 aromatic heterocycles. The first-order valence-electron chi connectivity index (χ1n) is 9.74. The molecule has 4 rings (SSSR count). The molecule has 2 aliphatic carbocycles. The molecule has 150 valence electrons. The summed E-state index contributed by atoms with van der Waals surface area (Å²) in [5, 5.41) is 6.34. The molecular formula is C19H24N4O3S2. The number of imide groups is 1. The predicted octanol–water partition coefficient (Wildman–Crippen LogP) is 2.68. The third kappa shape index (κ3) is 3.96. The van der Waals surface area contributed by atoms with Crippen molar-refractivity contribution in [1.29, 1.82) is 0 Å². The molecule has 3 amide bonds. The van der Waals surface area contributed by atoms with Gasteiger partial charge in [-0.05, 0) is 50.5 Å². The third-order valence-corrected chi connectivity index (χ3v) is 7.32. The van der Waals surface area contributed by atoms with Gasteiger partial charge < -0.3 is 5.32 Å². The number of rotatable bonds is 5. The van der Waals surface area contributed by atoms with Gasteiger partial charge in [0, 0.05) is 17.5 Å². The van der Waals surface area contributed by atoms with Crippen LogP contribution in [-0.4, -0.2) is 33.3 Å². The number of aryl methyl sites for hydroxylation is 1. The summed E-state index contributed by atoms with van der Waals surface area (Å²) in [5.41, 5.74) is 1.15. The standard InChI is InChI=1S/C19H24N4O3S2/c1-3-23-17(25)15-12-7-4-10(2)8-13(12)28-16(15)22-19(23)27-9-14(24)21-18(26)20-11-5-6-11/h10-11H,3-9H2,1-2H3,(H2,20,21,24,26). The van der Waals surface area contributed by atoms with E-state index in [1.165, 1.54) is 22.2 Å². The lowest BCUT2D eigenvalue weighted by Crippen LogP contribution is -2.41. The summed E-state index contributed by atoms with van der Waals surface area (Å²) in [6.45, 7) is 4.64. The molecule has 2 aromatic rings. The Hall–Kier alpha value is -1.87. The number of carbonyl (C=O) groups excluding carboxylic acids is 2. The van der Waals surface area contributed by atoms with Crippen LogP contribution in [0.3, 0.4) is 0 Å². The van der Waals surface area contributed by atoms with Gasteiger partial charge in [0.15, 0.2) is 5.16 Å². The van der Waals surface area contributed by atoms with E-state index in [-0.39, 0.29) is 23.3 Å². The number of urea groups is 1. The zero-order valence-electron chi connectivity index (χ0n) is 16.0. The molecule has 0 radical (unpaired) electrons. The summed E-state index contributed by atoms with van der Waals surface area (Å²) in [4.78, 5) is 43.6. The number of thiophene rings is 1. The van der Waals surface area contributed by atoms with Crippen LogP contribution in [0.5, 0.6) is 0 Å². The van der Waals surface area contributed by atoms with Crippen molar-refractivity contribution in [3.05, 3.63) is 20.8 Å². The zero-order valence-corrected chi connectivity index (χ0v) is 17.7.